The summed E-state index contributed by atoms with van der Waals surface area (Å²) in [6, 6.07) is 20.9. The first-order valence-electron chi connectivity index (χ1n) is 6.77. The molecular formula is C19H16N. The largest absolute Gasteiger partial charge is 0.251 e. The summed E-state index contributed by atoms with van der Waals surface area (Å²) >= 11 is 0. The van der Waals surface area contributed by atoms with Crippen LogP contribution < -0.4 is 0 Å². The van der Waals surface area contributed by atoms with Crippen molar-refractivity contribution < 1.29 is 0 Å². The van der Waals surface area contributed by atoms with Gasteiger partial charge in [0.2, 0.25) is 0 Å². The molecule has 20 heavy (non-hydrogen) atoms. The number of aromatic nitrogens is 1. The third-order valence-electron chi connectivity index (χ3n) is 3.50. The summed E-state index contributed by atoms with van der Waals surface area (Å²) in [5.41, 5.74) is 6.94. The molecule has 0 N–H and O–H groups in total. The van der Waals surface area contributed by atoms with Crippen molar-refractivity contribution in [1.82, 2.24) is 4.98 Å². The van der Waals surface area contributed by atoms with Gasteiger partial charge in [-0.05, 0) is 36.1 Å². The first-order chi connectivity index (χ1) is 9.77. The highest BCUT2D eigenvalue weighted by Crippen LogP contribution is 2.35. The van der Waals surface area contributed by atoms with Gasteiger partial charge < -0.3 is 0 Å². The molecule has 0 saturated heterocycles. The van der Waals surface area contributed by atoms with Crippen LogP contribution in [0.2, 0.25) is 0 Å². The molecule has 0 spiro atoms. The molecule has 0 bridgehead atoms. The molecule has 3 rings (SSSR count). The summed E-state index contributed by atoms with van der Waals surface area (Å²) < 4.78 is 0. The highest BCUT2D eigenvalue weighted by molar-refractivity contribution is 5.86. The minimum absolute atomic E-state index is 1.01. The zero-order valence-electron chi connectivity index (χ0n) is 11.7. The zero-order valence-corrected chi connectivity index (χ0v) is 11.7. The third-order valence-corrected chi connectivity index (χ3v) is 3.50. The number of hydrogen-bond acceptors (Lipinski definition) is 1. The Balaban J connectivity index is 2.32. The molecule has 1 aromatic heterocycles. The lowest BCUT2D eigenvalue weighted by Crippen LogP contribution is -1.96. The van der Waals surface area contributed by atoms with E-state index in [4.69, 9.17) is 0 Å². The standard InChI is InChI=1S/C19H16N/c1-14-13-20-15(2)19(17-11-7-4-8-12-17)18(14)16-9-5-3-6-10-16/h3-12H,1-2H3. The summed E-state index contributed by atoms with van der Waals surface area (Å²) in [6.45, 7) is 4.12. The van der Waals surface area contributed by atoms with Crippen molar-refractivity contribution in [1.29, 1.82) is 0 Å². The van der Waals surface area contributed by atoms with Crippen molar-refractivity contribution in [2.24, 2.45) is 0 Å². The van der Waals surface area contributed by atoms with Crippen LogP contribution in [-0.4, -0.2) is 4.98 Å². The van der Waals surface area contributed by atoms with Crippen LogP contribution in [0.3, 0.4) is 0 Å². The lowest BCUT2D eigenvalue weighted by Gasteiger charge is -2.15. The quantitative estimate of drug-likeness (QED) is 0.641. The fraction of sp³-hybridized carbons (Fsp3) is 0.105. The molecule has 0 amide bonds. The fourth-order valence-corrected chi connectivity index (χ4v) is 2.57. The van der Waals surface area contributed by atoms with Crippen molar-refractivity contribution in [3.8, 4) is 22.3 Å². The fourth-order valence-electron chi connectivity index (χ4n) is 2.57. The molecule has 0 atom stereocenters. The van der Waals surface area contributed by atoms with E-state index in [1.54, 1.807) is 0 Å². The second kappa shape index (κ2) is 5.30. The van der Waals surface area contributed by atoms with E-state index in [9.17, 15) is 0 Å². The van der Waals surface area contributed by atoms with Crippen molar-refractivity contribution in [2.75, 3.05) is 0 Å². The van der Waals surface area contributed by atoms with Crippen LogP contribution in [0.4, 0.5) is 0 Å². The van der Waals surface area contributed by atoms with E-state index in [-0.39, 0.29) is 0 Å². The van der Waals surface area contributed by atoms with Crippen LogP contribution in [0.25, 0.3) is 22.3 Å². The molecule has 1 nitrogen and oxygen atoms in total. The highest BCUT2D eigenvalue weighted by atomic mass is 14.7. The van der Waals surface area contributed by atoms with Gasteiger partial charge in [0.15, 0.2) is 0 Å². The van der Waals surface area contributed by atoms with Crippen LogP contribution in [0.15, 0.2) is 60.7 Å². The van der Waals surface area contributed by atoms with E-state index in [1.165, 1.54) is 22.3 Å². The van der Waals surface area contributed by atoms with Gasteiger partial charge in [0, 0.05) is 11.3 Å². The molecule has 1 heteroatoms. The van der Waals surface area contributed by atoms with Gasteiger partial charge in [-0.1, -0.05) is 60.7 Å². The van der Waals surface area contributed by atoms with Crippen molar-refractivity contribution in [3.63, 3.8) is 0 Å². The van der Waals surface area contributed by atoms with Crippen molar-refractivity contribution in [2.45, 2.75) is 13.8 Å². The van der Waals surface area contributed by atoms with Gasteiger partial charge in [0.25, 0.3) is 0 Å². The molecule has 0 aliphatic carbocycles. The molecule has 3 aromatic rings. The highest BCUT2D eigenvalue weighted by Gasteiger charge is 2.13. The summed E-state index contributed by atoms with van der Waals surface area (Å²) in [6.07, 6.45) is 3.13. The predicted molar refractivity (Wildman–Crippen MR) is 83.4 cm³/mol. The predicted octanol–water partition coefficient (Wildman–Crippen LogP) is 4.83. The van der Waals surface area contributed by atoms with Crippen molar-refractivity contribution >= 4 is 0 Å². The number of pyridine rings is 1. The Morgan fingerprint density at radius 3 is 1.75 bits per heavy atom. The Hall–Kier alpha value is -2.41. The van der Waals surface area contributed by atoms with Gasteiger partial charge in [0.1, 0.15) is 0 Å². The number of nitrogens with zero attached hydrogens (tertiary/aromatic N) is 1. The SMILES string of the molecule is Cc1[c]nc(C)c(-c2ccccc2)c1-c1ccccc1. The topological polar surface area (TPSA) is 12.9 Å². The Bertz CT molecular complexity index is 651. The Kier molecular flexibility index (Phi) is 3.34. The number of hydrogen-bond donors (Lipinski definition) is 0. The summed E-state index contributed by atoms with van der Waals surface area (Å²) in [4.78, 5) is 4.42. The van der Waals surface area contributed by atoms with Crippen LogP contribution in [-0.2, 0) is 0 Å². The Morgan fingerprint density at radius 1 is 0.700 bits per heavy atom. The molecule has 0 aliphatic rings. The first-order valence-corrected chi connectivity index (χ1v) is 6.77. The number of rotatable bonds is 2. The van der Waals surface area contributed by atoms with Crippen LogP contribution in [0.5, 0.6) is 0 Å². The maximum absolute atomic E-state index is 4.42. The summed E-state index contributed by atoms with van der Waals surface area (Å²) in [5, 5.41) is 0. The van der Waals surface area contributed by atoms with E-state index in [2.05, 4.69) is 66.6 Å². The van der Waals surface area contributed by atoms with Gasteiger partial charge in [-0.25, -0.2) is 0 Å². The smallest absolute Gasteiger partial charge is 0.0928 e. The van der Waals surface area contributed by atoms with E-state index < -0.39 is 0 Å². The molecule has 1 radical (unpaired) electrons. The zero-order chi connectivity index (χ0) is 13.9. The van der Waals surface area contributed by atoms with Gasteiger partial charge >= 0.3 is 0 Å². The second-order valence-electron chi connectivity index (χ2n) is 4.92. The van der Waals surface area contributed by atoms with Gasteiger partial charge in [-0.15, -0.1) is 0 Å². The average Bonchev–Trinajstić information content (AvgIpc) is 2.51. The van der Waals surface area contributed by atoms with E-state index in [0.29, 0.717) is 0 Å². The first kappa shape index (κ1) is 12.6. The van der Waals surface area contributed by atoms with Gasteiger partial charge in [-0.3, -0.25) is 4.98 Å². The van der Waals surface area contributed by atoms with E-state index in [1.807, 2.05) is 19.1 Å². The molecule has 0 unspecified atom stereocenters. The molecule has 0 fully saturated rings. The molecule has 1 heterocycles. The lowest BCUT2D eigenvalue weighted by atomic mass is 9.91. The molecule has 0 aliphatic heterocycles. The monoisotopic (exact) mass is 258 g/mol. The van der Waals surface area contributed by atoms with Gasteiger partial charge in [0.05, 0.1) is 6.20 Å². The van der Waals surface area contributed by atoms with Crippen LogP contribution in [0, 0.1) is 20.0 Å². The third kappa shape index (κ3) is 2.23. The normalized spacial score (nSPS) is 10.5. The number of aryl methyl sites for hydroxylation is 2. The summed E-state index contributed by atoms with van der Waals surface area (Å²) in [7, 11) is 0. The van der Waals surface area contributed by atoms with Crippen LogP contribution in [0.1, 0.15) is 11.3 Å². The maximum Gasteiger partial charge on any atom is 0.0928 e. The summed E-state index contributed by atoms with van der Waals surface area (Å²) in [5.74, 6) is 0. The molecule has 97 valence electrons. The number of benzene rings is 2. The molecule has 2 aromatic carbocycles. The van der Waals surface area contributed by atoms with E-state index in [0.717, 1.165) is 11.3 Å². The minimum Gasteiger partial charge on any atom is -0.251 e. The second-order valence-corrected chi connectivity index (χ2v) is 4.92. The lowest BCUT2D eigenvalue weighted by molar-refractivity contribution is 1.16. The molecule has 0 saturated carbocycles. The van der Waals surface area contributed by atoms with E-state index >= 15 is 0 Å². The Morgan fingerprint density at radius 2 is 1.20 bits per heavy atom. The Labute approximate surface area is 119 Å². The molecular weight excluding hydrogens is 242 g/mol. The maximum atomic E-state index is 4.42. The average molecular weight is 258 g/mol. The van der Waals surface area contributed by atoms with Crippen molar-refractivity contribution in [3.05, 3.63) is 78.1 Å². The van der Waals surface area contributed by atoms with Crippen LogP contribution >= 0.6 is 0 Å². The minimum atomic E-state index is 1.01. The van der Waals surface area contributed by atoms with Gasteiger partial charge in [-0.2, -0.15) is 0 Å².